The summed E-state index contributed by atoms with van der Waals surface area (Å²) < 4.78 is 5.72. The van der Waals surface area contributed by atoms with Crippen molar-refractivity contribution in [1.29, 1.82) is 0 Å². The number of hydrogen-bond acceptors (Lipinski definition) is 3. The molecular weight excluding hydrogens is 270 g/mol. The lowest BCUT2D eigenvalue weighted by Crippen LogP contribution is -2.26. The summed E-state index contributed by atoms with van der Waals surface area (Å²) in [6.07, 6.45) is 0.807. The molecule has 0 unspecified atom stereocenters. The Hall–Kier alpha value is -0.740. The van der Waals surface area contributed by atoms with Crippen LogP contribution in [0.4, 0.5) is 0 Å². The van der Waals surface area contributed by atoms with Gasteiger partial charge in [0.15, 0.2) is 11.5 Å². The molecule has 0 aliphatic heterocycles. The summed E-state index contributed by atoms with van der Waals surface area (Å²) in [5.74, 6) is 0.619. The highest BCUT2D eigenvalue weighted by Gasteiger charge is 2.20. The number of methoxy groups -OCH3 is 1. The van der Waals surface area contributed by atoms with E-state index in [-0.39, 0.29) is 11.2 Å². The molecule has 0 saturated heterocycles. The molecule has 0 spiro atoms. The molecule has 3 nitrogen and oxygen atoms in total. The first-order valence-corrected chi connectivity index (χ1v) is 5.95. The average Bonchev–Trinajstić information content (AvgIpc) is 2.25. The lowest BCUT2D eigenvalue weighted by atomic mass is 9.86. The van der Waals surface area contributed by atoms with Crippen LogP contribution in [0, 0.1) is 5.41 Å². The predicted octanol–water partition coefficient (Wildman–Crippen LogP) is 2.69. The van der Waals surface area contributed by atoms with E-state index in [1.165, 1.54) is 7.11 Å². The SMILES string of the molecule is COc1ccc(CC(C)(C)CN)c(Br)c1O. The maximum Gasteiger partial charge on any atom is 0.172 e. The highest BCUT2D eigenvalue weighted by Crippen LogP contribution is 2.38. The van der Waals surface area contributed by atoms with Gasteiger partial charge < -0.3 is 15.6 Å². The summed E-state index contributed by atoms with van der Waals surface area (Å²) >= 11 is 3.38. The normalized spacial score (nSPS) is 11.6. The summed E-state index contributed by atoms with van der Waals surface area (Å²) in [5.41, 5.74) is 6.75. The van der Waals surface area contributed by atoms with Crippen molar-refractivity contribution in [3.8, 4) is 11.5 Å². The maximum atomic E-state index is 9.84. The quantitative estimate of drug-likeness (QED) is 0.895. The Kier molecular flexibility index (Phi) is 4.21. The lowest BCUT2D eigenvalue weighted by molar-refractivity contribution is 0.363. The molecule has 0 aromatic heterocycles. The van der Waals surface area contributed by atoms with Gasteiger partial charge in [-0.1, -0.05) is 19.9 Å². The molecule has 0 aliphatic rings. The van der Waals surface area contributed by atoms with Gasteiger partial charge in [-0.2, -0.15) is 0 Å². The monoisotopic (exact) mass is 287 g/mol. The van der Waals surface area contributed by atoms with Crippen molar-refractivity contribution in [3.63, 3.8) is 0 Å². The maximum absolute atomic E-state index is 9.84. The molecule has 90 valence electrons. The van der Waals surface area contributed by atoms with Crippen LogP contribution >= 0.6 is 15.9 Å². The number of phenolic OH excluding ortho intramolecular Hbond substituents is 1. The molecule has 0 aliphatic carbocycles. The van der Waals surface area contributed by atoms with Gasteiger partial charge in [-0.05, 0) is 45.9 Å². The second-order valence-electron chi connectivity index (χ2n) is 4.63. The van der Waals surface area contributed by atoms with Crippen LogP contribution in [0.3, 0.4) is 0 Å². The minimum Gasteiger partial charge on any atom is -0.503 e. The van der Waals surface area contributed by atoms with E-state index < -0.39 is 0 Å². The third-order valence-corrected chi connectivity index (χ3v) is 3.49. The van der Waals surface area contributed by atoms with E-state index >= 15 is 0 Å². The number of ether oxygens (including phenoxy) is 1. The number of rotatable bonds is 4. The van der Waals surface area contributed by atoms with Gasteiger partial charge in [-0.25, -0.2) is 0 Å². The summed E-state index contributed by atoms with van der Waals surface area (Å²) in [6.45, 7) is 4.80. The van der Waals surface area contributed by atoms with E-state index in [2.05, 4.69) is 29.8 Å². The molecule has 16 heavy (non-hydrogen) atoms. The van der Waals surface area contributed by atoms with E-state index in [0.717, 1.165) is 12.0 Å². The first-order valence-electron chi connectivity index (χ1n) is 5.15. The molecule has 0 atom stereocenters. The molecule has 0 bridgehead atoms. The fourth-order valence-electron chi connectivity index (χ4n) is 1.48. The molecule has 4 heteroatoms. The Morgan fingerprint density at radius 2 is 2.06 bits per heavy atom. The van der Waals surface area contributed by atoms with E-state index in [1.807, 2.05) is 6.07 Å². The molecule has 0 fully saturated rings. The zero-order valence-corrected chi connectivity index (χ0v) is 11.5. The molecule has 0 saturated carbocycles. The Morgan fingerprint density at radius 3 is 2.56 bits per heavy atom. The van der Waals surface area contributed by atoms with Crippen LogP contribution in [0.25, 0.3) is 0 Å². The molecule has 0 radical (unpaired) electrons. The fourth-order valence-corrected chi connectivity index (χ4v) is 1.95. The number of nitrogens with two attached hydrogens (primary N) is 1. The summed E-state index contributed by atoms with van der Waals surface area (Å²) in [5, 5.41) is 9.84. The van der Waals surface area contributed by atoms with E-state index in [4.69, 9.17) is 10.5 Å². The number of benzene rings is 1. The largest absolute Gasteiger partial charge is 0.503 e. The van der Waals surface area contributed by atoms with Gasteiger partial charge in [0.05, 0.1) is 11.6 Å². The Morgan fingerprint density at radius 1 is 1.44 bits per heavy atom. The van der Waals surface area contributed by atoms with Gasteiger partial charge in [-0.3, -0.25) is 0 Å². The summed E-state index contributed by atoms with van der Waals surface area (Å²) in [7, 11) is 1.53. The van der Waals surface area contributed by atoms with Crippen molar-refractivity contribution in [2.24, 2.45) is 11.1 Å². The zero-order valence-electron chi connectivity index (χ0n) is 9.88. The lowest BCUT2D eigenvalue weighted by Gasteiger charge is -2.23. The number of halogens is 1. The first-order chi connectivity index (χ1) is 7.41. The molecule has 1 rings (SSSR count). The van der Waals surface area contributed by atoms with Gasteiger partial charge in [0.25, 0.3) is 0 Å². The second kappa shape index (κ2) is 5.06. The van der Waals surface area contributed by atoms with Crippen molar-refractivity contribution in [2.75, 3.05) is 13.7 Å². The van der Waals surface area contributed by atoms with E-state index in [0.29, 0.717) is 16.8 Å². The average molecular weight is 288 g/mol. The highest BCUT2D eigenvalue weighted by atomic mass is 79.9. The fraction of sp³-hybridized carbons (Fsp3) is 0.500. The minimum absolute atomic E-state index is 0.0174. The van der Waals surface area contributed by atoms with Gasteiger partial charge in [0, 0.05) is 0 Å². The van der Waals surface area contributed by atoms with Gasteiger partial charge >= 0.3 is 0 Å². The number of hydrogen-bond donors (Lipinski definition) is 2. The van der Waals surface area contributed by atoms with Crippen LogP contribution in [0.2, 0.25) is 0 Å². The molecule has 3 N–H and O–H groups in total. The zero-order chi connectivity index (χ0) is 12.3. The topological polar surface area (TPSA) is 55.5 Å². The Bertz CT molecular complexity index is 378. The van der Waals surface area contributed by atoms with Crippen molar-refractivity contribution >= 4 is 15.9 Å². The van der Waals surface area contributed by atoms with Crippen LogP contribution in [0.5, 0.6) is 11.5 Å². The van der Waals surface area contributed by atoms with Crippen molar-refractivity contribution in [1.82, 2.24) is 0 Å². The third kappa shape index (κ3) is 2.89. The smallest absolute Gasteiger partial charge is 0.172 e. The predicted molar refractivity (Wildman–Crippen MR) is 68.9 cm³/mol. The Balaban J connectivity index is 3.04. The molecule has 0 amide bonds. The van der Waals surface area contributed by atoms with Crippen molar-refractivity contribution in [2.45, 2.75) is 20.3 Å². The molecule has 0 heterocycles. The third-order valence-electron chi connectivity index (χ3n) is 2.60. The second-order valence-corrected chi connectivity index (χ2v) is 5.43. The van der Waals surface area contributed by atoms with Crippen molar-refractivity contribution in [3.05, 3.63) is 22.2 Å². The van der Waals surface area contributed by atoms with Gasteiger partial charge in [0.1, 0.15) is 0 Å². The first kappa shape index (κ1) is 13.3. The minimum atomic E-state index is 0.0174. The van der Waals surface area contributed by atoms with E-state index in [1.54, 1.807) is 6.07 Å². The molecule has 1 aromatic carbocycles. The van der Waals surface area contributed by atoms with Crippen LogP contribution in [-0.2, 0) is 6.42 Å². The van der Waals surface area contributed by atoms with Crippen LogP contribution in [-0.4, -0.2) is 18.8 Å². The number of phenols is 1. The van der Waals surface area contributed by atoms with Crippen molar-refractivity contribution < 1.29 is 9.84 Å². The van der Waals surface area contributed by atoms with Gasteiger partial charge in [0.2, 0.25) is 0 Å². The van der Waals surface area contributed by atoms with E-state index in [9.17, 15) is 5.11 Å². The highest BCUT2D eigenvalue weighted by molar-refractivity contribution is 9.10. The molecular formula is C12H18BrNO2. The summed E-state index contributed by atoms with van der Waals surface area (Å²) in [4.78, 5) is 0. The Labute approximate surface area is 105 Å². The van der Waals surface area contributed by atoms with Crippen LogP contribution in [0.1, 0.15) is 19.4 Å². The number of aromatic hydroxyl groups is 1. The standard InChI is InChI=1S/C12H18BrNO2/c1-12(2,7-14)6-8-4-5-9(16-3)11(15)10(8)13/h4-5,15H,6-7,14H2,1-3H3. The molecule has 1 aromatic rings. The van der Waals surface area contributed by atoms with Crippen LogP contribution in [0.15, 0.2) is 16.6 Å². The van der Waals surface area contributed by atoms with Crippen LogP contribution < -0.4 is 10.5 Å². The summed E-state index contributed by atoms with van der Waals surface area (Å²) in [6, 6.07) is 3.71. The van der Waals surface area contributed by atoms with Gasteiger partial charge in [-0.15, -0.1) is 0 Å².